The fourth-order valence-corrected chi connectivity index (χ4v) is 3.50. The standard InChI is InChI=1S/C23H39N5.C2H2O4/c1-4-5-6-7-8-9-10-11-15-18-21-26-23(2,3)27-22(28(21)24)25-19-20-16-13-12-14-17-20;3-1(4)2(5)6/h12-14,16-17H,4-11,15,18-19,24H2,1-3H3,(H,25,27);(H,3,4)(H,5,6). The Bertz CT molecular complexity index is 797. The zero-order valence-corrected chi connectivity index (χ0v) is 20.8. The summed E-state index contributed by atoms with van der Waals surface area (Å²) in [6, 6.07) is 10.3. The van der Waals surface area contributed by atoms with Gasteiger partial charge in [-0.1, -0.05) is 88.6 Å². The number of guanidine groups is 1. The molecule has 1 aromatic rings. The number of nitrogens with zero attached hydrogens (tertiary/aromatic N) is 3. The number of hydrogen-bond donors (Lipinski definition) is 4. The number of aliphatic carboxylic acids is 2. The van der Waals surface area contributed by atoms with Crippen molar-refractivity contribution in [2.24, 2.45) is 15.8 Å². The van der Waals surface area contributed by atoms with E-state index in [0.29, 0.717) is 12.5 Å². The lowest BCUT2D eigenvalue weighted by atomic mass is 10.1. The summed E-state index contributed by atoms with van der Waals surface area (Å²) in [5, 5.41) is 19.8. The van der Waals surface area contributed by atoms with Gasteiger partial charge in [0.25, 0.3) is 0 Å². The number of amidine groups is 1. The number of carbonyl (C=O) groups is 2. The van der Waals surface area contributed by atoms with Crippen LogP contribution in [0.2, 0.25) is 0 Å². The molecule has 0 spiro atoms. The van der Waals surface area contributed by atoms with E-state index in [1.807, 2.05) is 32.0 Å². The van der Waals surface area contributed by atoms with Crippen LogP contribution in [0.4, 0.5) is 0 Å². The van der Waals surface area contributed by atoms with Crippen LogP contribution < -0.4 is 11.2 Å². The third kappa shape index (κ3) is 12.3. The van der Waals surface area contributed by atoms with E-state index >= 15 is 0 Å². The van der Waals surface area contributed by atoms with Crippen molar-refractivity contribution < 1.29 is 19.8 Å². The molecule has 190 valence electrons. The molecule has 0 aromatic heterocycles. The highest BCUT2D eigenvalue weighted by molar-refractivity contribution is 6.27. The maximum Gasteiger partial charge on any atom is 0.414 e. The molecule has 9 nitrogen and oxygen atoms in total. The molecular weight excluding hydrogens is 434 g/mol. The van der Waals surface area contributed by atoms with E-state index in [1.165, 1.54) is 56.9 Å². The molecule has 0 unspecified atom stereocenters. The smallest absolute Gasteiger partial charge is 0.414 e. The van der Waals surface area contributed by atoms with Gasteiger partial charge in [-0.3, -0.25) is 0 Å². The van der Waals surface area contributed by atoms with Crippen molar-refractivity contribution in [1.29, 1.82) is 0 Å². The van der Waals surface area contributed by atoms with Crippen LogP contribution in [0, 0.1) is 0 Å². The molecule has 1 aliphatic rings. The van der Waals surface area contributed by atoms with Gasteiger partial charge in [0.1, 0.15) is 5.84 Å². The molecule has 0 bridgehead atoms. The molecule has 0 saturated heterocycles. The second-order valence-corrected chi connectivity index (χ2v) is 8.86. The lowest BCUT2D eigenvalue weighted by Gasteiger charge is -2.32. The molecule has 0 radical (unpaired) electrons. The number of carboxylic acid groups (broad SMARTS) is 2. The third-order valence-electron chi connectivity index (χ3n) is 5.27. The lowest BCUT2D eigenvalue weighted by Crippen LogP contribution is -2.53. The van der Waals surface area contributed by atoms with Crippen LogP contribution in [0.25, 0.3) is 0 Å². The van der Waals surface area contributed by atoms with E-state index < -0.39 is 17.6 Å². The molecule has 0 fully saturated rings. The van der Waals surface area contributed by atoms with Gasteiger partial charge < -0.3 is 15.5 Å². The van der Waals surface area contributed by atoms with Gasteiger partial charge in [0.15, 0.2) is 5.66 Å². The van der Waals surface area contributed by atoms with E-state index in [0.717, 1.165) is 18.7 Å². The van der Waals surface area contributed by atoms with Gasteiger partial charge >= 0.3 is 11.9 Å². The number of aliphatic imine (C=N–C) groups is 2. The van der Waals surface area contributed by atoms with E-state index in [-0.39, 0.29) is 0 Å². The number of hydrazine groups is 1. The molecule has 1 aliphatic heterocycles. The van der Waals surface area contributed by atoms with Gasteiger partial charge in [0, 0.05) is 13.0 Å². The first kappa shape index (κ1) is 29.1. The normalized spacial score (nSPS) is 14.4. The topological polar surface area (TPSA) is 141 Å². The van der Waals surface area contributed by atoms with Crippen molar-refractivity contribution in [3.63, 3.8) is 0 Å². The van der Waals surface area contributed by atoms with Crippen molar-refractivity contribution in [3.05, 3.63) is 35.9 Å². The molecule has 0 aliphatic carbocycles. The Labute approximate surface area is 203 Å². The van der Waals surface area contributed by atoms with E-state index in [4.69, 9.17) is 30.6 Å². The Morgan fingerprint density at radius 3 is 1.97 bits per heavy atom. The molecular formula is C25H41N5O4. The highest BCUT2D eigenvalue weighted by Crippen LogP contribution is 2.19. The lowest BCUT2D eigenvalue weighted by molar-refractivity contribution is -0.159. The Morgan fingerprint density at radius 2 is 1.44 bits per heavy atom. The number of unbranched alkanes of at least 4 members (excludes halogenated alkanes) is 8. The van der Waals surface area contributed by atoms with E-state index in [2.05, 4.69) is 29.4 Å². The SMILES string of the molecule is CCCCCCCCCCCC1=NC(C)(C)N=C(NCc2ccccc2)N1N.O=C(O)C(=O)O. The summed E-state index contributed by atoms with van der Waals surface area (Å²) in [5.74, 6) is 4.31. The zero-order chi connectivity index (χ0) is 25.4. The molecule has 0 atom stereocenters. The van der Waals surface area contributed by atoms with Gasteiger partial charge in [-0.25, -0.2) is 30.4 Å². The third-order valence-corrected chi connectivity index (χ3v) is 5.27. The molecule has 34 heavy (non-hydrogen) atoms. The number of nitrogens with one attached hydrogen (secondary N) is 1. The highest BCUT2D eigenvalue weighted by Gasteiger charge is 2.27. The van der Waals surface area contributed by atoms with Gasteiger partial charge in [-0.15, -0.1) is 0 Å². The minimum absolute atomic E-state index is 0.469. The van der Waals surface area contributed by atoms with Crippen LogP contribution in [0.5, 0.6) is 0 Å². The Morgan fingerprint density at radius 1 is 0.912 bits per heavy atom. The summed E-state index contributed by atoms with van der Waals surface area (Å²) >= 11 is 0. The Hall–Kier alpha value is -2.94. The first-order chi connectivity index (χ1) is 16.2. The van der Waals surface area contributed by atoms with Crippen LogP contribution in [0.15, 0.2) is 40.3 Å². The molecule has 2 rings (SSSR count). The quantitative estimate of drug-likeness (QED) is 0.198. The largest absolute Gasteiger partial charge is 0.473 e. The predicted molar refractivity (Wildman–Crippen MR) is 135 cm³/mol. The summed E-state index contributed by atoms with van der Waals surface area (Å²) in [7, 11) is 0. The van der Waals surface area contributed by atoms with Crippen LogP contribution in [-0.2, 0) is 16.1 Å². The fraction of sp³-hybridized carbons (Fsp3) is 0.600. The van der Waals surface area contributed by atoms with Gasteiger partial charge in [0.2, 0.25) is 5.96 Å². The maximum absolute atomic E-state index is 9.10. The summed E-state index contributed by atoms with van der Waals surface area (Å²) in [5.41, 5.74) is 0.739. The molecule has 1 heterocycles. The van der Waals surface area contributed by atoms with Crippen molar-refractivity contribution in [3.8, 4) is 0 Å². The minimum Gasteiger partial charge on any atom is -0.473 e. The van der Waals surface area contributed by atoms with Crippen LogP contribution in [0.1, 0.15) is 90.5 Å². The van der Waals surface area contributed by atoms with Gasteiger partial charge in [0.05, 0.1) is 0 Å². The number of rotatable bonds is 12. The summed E-state index contributed by atoms with van der Waals surface area (Å²) in [4.78, 5) is 27.6. The first-order valence-corrected chi connectivity index (χ1v) is 12.1. The molecule has 1 aromatic carbocycles. The van der Waals surface area contributed by atoms with Crippen molar-refractivity contribution in [2.45, 2.75) is 97.2 Å². The molecule has 0 saturated carbocycles. The van der Waals surface area contributed by atoms with E-state index in [1.54, 1.807) is 5.01 Å². The molecule has 5 N–H and O–H groups in total. The zero-order valence-electron chi connectivity index (χ0n) is 20.8. The number of benzene rings is 1. The van der Waals surface area contributed by atoms with Crippen molar-refractivity contribution in [2.75, 3.05) is 0 Å². The number of nitrogens with two attached hydrogens (primary N) is 1. The summed E-state index contributed by atoms with van der Waals surface area (Å²) in [6.45, 7) is 7.03. The fourth-order valence-electron chi connectivity index (χ4n) is 3.50. The van der Waals surface area contributed by atoms with Crippen molar-refractivity contribution >= 4 is 23.7 Å². The summed E-state index contributed by atoms with van der Waals surface area (Å²) < 4.78 is 0. The molecule has 9 heteroatoms. The highest BCUT2D eigenvalue weighted by atomic mass is 16.4. The number of hydrogen-bond acceptors (Lipinski definition) is 7. The number of carboxylic acids is 2. The monoisotopic (exact) mass is 475 g/mol. The minimum atomic E-state index is -1.82. The Kier molecular flexibility index (Phi) is 13.5. The maximum atomic E-state index is 9.10. The van der Waals surface area contributed by atoms with Crippen LogP contribution in [0.3, 0.4) is 0 Å². The van der Waals surface area contributed by atoms with Gasteiger partial charge in [-0.2, -0.15) is 0 Å². The van der Waals surface area contributed by atoms with Crippen molar-refractivity contribution in [1.82, 2.24) is 10.3 Å². The average Bonchev–Trinajstić information content (AvgIpc) is 2.79. The Balaban J connectivity index is 0.000000852. The van der Waals surface area contributed by atoms with Crippen LogP contribution >= 0.6 is 0 Å². The van der Waals surface area contributed by atoms with Crippen LogP contribution in [-0.4, -0.2) is 44.6 Å². The van der Waals surface area contributed by atoms with E-state index in [9.17, 15) is 0 Å². The second-order valence-electron chi connectivity index (χ2n) is 8.86. The molecule has 0 amide bonds. The summed E-state index contributed by atoms with van der Waals surface area (Å²) in [6.07, 6.45) is 12.8. The van der Waals surface area contributed by atoms with Gasteiger partial charge in [-0.05, 0) is 25.8 Å². The first-order valence-electron chi connectivity index (χ1n) is 12.1. The predicted octanol–water partition coefficient (Wildman–Crippen LogP) is 4.53. The second kappa shape index (κ2) is 15.8. The average molecular weight is 476 g/mol.